The molecule has 0 bridgehead atoms. The van der Waals surface area contributed by atoms with Crippen LogP contribution in [0.1, 0.15) is 23.2 Å². The zero-order valence-electron chi connectivity index (χ0n) is 15.9. The van der Waals surface area contributed by atoms with Crippen molar-refractivity contribution in [3.8, 4) is 17.1 Å². The van der Waals surface area contributed by atoms with Crippen LogP contribution in [0.4, 0.5) is 5.82 Å². The van der Waals surface area contributed by atoms with E-state index in [1.54, 1.807) is 30.0 Å². The number of nitrogens with two attached hydrogens (primary N) is 1. The van der Waals surface area contributed by atoms with Crippen LogP contribution in [0.2, 0.25) is 0 Å². The van der Waals surface area contributed by atoms with Crippen molar-refractivity contribution in [1.82, 2.24) is 29.8 Å². The Balaban J connectivity index is 1.73. The second-order valence-corrected chi connectivity index (χ2v) is 6.99. The van der Waals surface area contributed by atoms with Gasteiger partial charge in [-0.1, -0.05) is 0 Å². The molecule has 0 aliphatic carbocycles. The summed E-state index contributed by atoms with van der Waals surface area (Å²) in [5.74, 6) is 0.573. The first-order valence-electron chi connectivity index (χ1n) is 9.19. The van der Waals surface area contributed by atoms with Gasteiger partial charge < -0.3 is 20.7 Å². The highest BCUT2D eigenvalue weighted by Crippen LogP contribution is 2.29. The molecule has 4 rings (SSSR count). The van der Waals surface area contributed by atoms with Crippen molar-refractivity contribution in [2.45, 2.75) is 18.9 Å². The van der Waals surface area contributed by atoms with Gasteiger partial charge in [-0.15, -0.1) is 0 Å². The lowest BCUT2D eigenvalue weighted by molar-refractivity contribution is 0.0918. The third-order valence-corrected chi connectivity index (χ3v) is 5.12. The third kappa shape index (κ3) is 3.36. The van der Waals surface area contributed by atoms with Crippen LogP contribution in [-0.4, -0.2) is 63.7 Å². The highest BCUT2D eigenvalue weighted by atomic mass is 16.5. The van der Waals surface area contributed by atoms with Crippen molar-refractivity contribution in [3.05, 3.63) is 36.3 Å². The van der Waals surface area contributed by atoms with Crippen LogP contribution in [0, 0.1) is 0 Å². The van der Waals surface area contributed by atoms with Crippen molar-refractivity contribution in [1.29, 1.82) is 0 Å². The number of hydrogen-bond acceptors (Lipinski definition) is 7. The average Bonchev–Trinajstić information content (AvgIpc) is 3.11. The van der Waals surface area contributed by atoms with E-state index in [1.165, 1.54) is 6.33 Å². The number of nitrogens with one attached hydrogen (secondary N) is 1. The summed E-state index contributed by atoms with van der Waals surface area (Å²) in [5, 5.41) is 7.45. The first kappa shape index (κ1) is 18.2. The fourth-order valence-electron chi connectivity index (χ4n) is 3.54. The van der Waals surface area contributed by atoms with E-state index in [0.29, 0.717) is 17.0 Å². The number of rotatable bonds is 4. The second kappa shape index (κ2) is 7.43. The van der Waals surface area contributed by atoms with Crippen LogP contribution in [-0.2, 0) is 0 Å². The summed E-state index contributed by atoms with van der Waals surface area (Å²) in [6.07, 6.45) is 4.88. The van der Waals surface area contributed by atoms with E-state index < -0.39 is 0 Å². The molecule has 3 aromatic rings. The molecule has 0 saturated carbocycles. The fraction of sp³-hybridized carbons (Fsp3) is 0.368. The van der Waals surface area contributed by atoms with Crippen molar-refractivity contribution in [3.63, 3.8) is 0 Å². The number of fused-ring (bicyclic) bond motifs is 1. The minimum absolute atomic E-state index is 0.147. The first-order valence-corrected chi connectivity index (χ1v) is 9.19. The number of nitrogens with zero attached hydrogens (tertiary/aromatic N) is 5. The van der Waals surface area contributed by atoms with E-state index >= 15 is 0 Å². The number of amides is 1. The van der Waals surface area contributed by atoms with E-state index in [9.17, 15) is 4.79 Å². The van der Waals surface area contributed by atoms with E-state index in [-0.39, 0.29) is 17.8 Å². The zero-order chi connectivity index (χ0) is 19.7. The summed E-state index contributed by atoms with van der Waals surface area (Å²) in [7, 11) is 3.65. The van der Waals surface area contributed by atoms with Gasteiger partial charge in [0.1, 0.15) is 11.8 Å². The quantitative estimate of drug-likeness (QED) is 0.699. The molecule has 0 atom stereocenters. The number of piperidine rings is 1. The van der Waals surface area contributed by atoms with Gasteiger partial charge in [-0.2, -0.15) is 5.10 Å². The summed E-state index contributed by atoms with van der Waals surface area (Å²) < 4.78 is 6.85. The maximum atomic E-state index is 13.0. The Labute approximate surface area is 162 Å². The summed E-state index contributed by atoms with van der Waals surface area (Å²) in [6.45, 7) is 1.93. The number of anilines is 1. The predicted octanol–water partition coefficient (Wildman–Crippen LogP) is 1.21. The van der Waals surface area contributed by atoms with Gasteiger partial charge in [0.2, 0.25) is 5.88 Å². The van der Waals surface area contributed by atoms with Gasteiger partial charge in [0.05, 0.1) is 18.4 Å². The van der Waals surface area contributed by atoms with E-state index in [1.807, 2.05) is 6.07 Å². The third-order valence-electron chi connectivity index (χ3n) is 5.12. The highest BCUT2D eigenvalue weighted by molar-refractivity contribution is 6.05. The summed E-state index contributed by atoms with van der Waals surface area (Å²) in [6, 6.07) is 5.56. The molecule has 4 heterocycles. The Bertz CT molecular complexity index is 1010. The minimum Gasteiger partial charge on any atom is -0.481 e. The van der Waals surface area contributed by atoms with E-state index in [2.05, 4.69) is 32.3 Å². The lowest BCUT2D eigenvalue weighted by Gasteiger charge is -2.29. The van der Waals surface area contributed by atoms with E-state index in [4.69, 9.17) is 10.5 Å². The number of pyridine rings is 1. The Morgan fingerprint density at radius 1 is 1.29 bits per heavy atom. The van der Waals surface area contributed by atoms with Gasteiger partial charge in [0.25, 0.3) is 5.91 Å². The number of carbonyl (C=O) groups is 1. The van der Waals surface area contributed by atoms with Gasteiger partial charge >= 0.3 is 0 Å². The molecule has 9 nitrogen and oxygen atoms in total. The molecule has 1 fully saturated rings. The molecule has 3 N–H and O–H groups in total. The van der Waals surface area contributed by atoms with Gasteiger partial charge in [0, 0.05) is 23.9 Å². The molecule has 146 valence electrons. The van der Waals surface area contributed by atoms with E-state index in [0.717, 1.165) is 37.2 Å². The standard InChI is InChI=1S/C19H23N7O2/c1-25-7-4-13(5-8-25)24-19(27)14-10-15(12-3-6-21-16(9-12)28-2)26-17(14)18(20)22-11-23-26/h3,6,9-11,13H,4-5,7-8H2,1-2H3,(H,24,27)(H2,20,22,23). The molecular weight excluding hydrogens is 358 g/mol. The lowest BCUT2D eigenvalue weighted by atomic mass is 10.0. The SMILES string of the molecule is COc1cc(-c2cc(C(=O)NC3CCN(C)CC3)c3c(N)ncnn23)ccn1. The molecule has 1 amide bonds. The smallest absolute Gasteiger partial charge is 0.253 e. The van der Waals surface area contributed by atoms with Gasteiger partial charge in [-0.25, -0.2) is 14.5 Å². The molecule has 1 aliphatic rings. The minimum atomic E-state index is -0.166. The molecule has 1 saturated heterocycles. The maximum Gasteiger partial charge on any atom is 0.253 e. The van der Waals surface area contributed by atoms with Crippen LogP contribution in [0.5, 0.6) is 5.88 Å². The number of carbonyl (C=O) groups excluding carboxylic acids is 1. The van der Waals surface area contributed by atoms with Crippen LogP contribution in [0.3, 0.4) is 0 Å². The van der Waals surface area contributed by atoms with Crippen molar-refractivity contribution in [2.24, 2.45) is 0 Å². The Morgan fingerprint density at radius 2 is 2.07 bits per heavy atom. The van der Waals surface area contributed by atoms with Crippen LogP contribution < -0.4 is 15.8 Å². The molecule has 28 heavy (non-hydrogen) atoms. The number of likely N-dealkylation sites (tertiary alicyclic amines) is 1. The van der Waals surface area contributed by atoms with Crippen molar-refractivity contribution >= 4 is 17.2 Å². The van der Waals surface area contributed by atoms with Crippen LogP contribution in [0.15, 0.2) is 30.7 Å². The van der Waals surface area contributed by atoms with Gasteiger partial charge in [0.15, 0.2) is 5.82 Å². The van der Waals surface area contributed by atoms with Gasteiger partial charge in [-0.05, 0) is 45.1 Å². The number of hydrogen-bond donors (Lipinski definition) is 2. The molecule has 0 unspecified atom stereocenters. The topological polar surface area (TPSA) is 111 Å². The normalized spacial score (nSPS) is 15.6. The Hall–Kier alpha value is -3.20. The molecular formula is C19H23N7O2. The number of ether oxygens (including phenoxy) is 1. The predicted molar refractivity (Wildman–Crippen MR) is 105 cm³/mol. The molecule has 0 radical (unpaired) electrons. The summed E-state index contributed by atoms with van der Waals surface area (Å²) in [5.41, 5.74) is 8.60. The molecule has 0 spiro atoms. The lowest BCUT2D eigenvalue weighted by Crippen LogP contribution is -2.43. The second-order valence-electron chi connectivity index (χ2n) is 6.99. The first-order chi connectivity index (χ1) is 13.6. The fourth-order valence-corrected chi connectivity index (χ4v) is 3.54. The maximum absolute atomic E-state index is 13.0. The average molecular weight is 381 g/mol. The highest BCUT2D eigenvalue weighted by Gasteiger charge is 2.24. The van der Waals surface area contributed by atoms with Gasteiger partial charge in [-0.3, -0.25) is 4.79 Å². The number of aromatic nitrogens is 4. The molecule has 9 heteroatoms. The summed E-state index contributed by atoms with van der Waals surface area (Å²) >= 11 is 0. The summed E-state index contributed by atoms with van der Waals surface area (Å²) in [4.78, 5) is 23.5. The molecule has 3 aromatic heterocycles. The Kier molecular flexibility index (Phi) is 4.82. The molecule has 0 aromatic carbocycles. The van der Waals surface area contributed by atoms with Crippen LogP contribution in [0.25, 0.3) is 16.8 Å². The van der Waals surface area contributed by atoms with Crippen molar-refractivity contribution in [2.75, 3.05) is 33.0 Å². The number of nitrogen functional groups attached to an aromatic ring is 1. The Morgan fingerprint density at radius 3 is 2.82 bits per heavy atom. The monoisotopic (exact) mass is 381 g/mol. The number of methoxy groups -OCH3 is 1. The van der Waals surface area contributed by atoms with Crippen LogP contribution >= 0.6 is 0 Å². The zero-order valence-corrected chi connectivity index (χ0v) is 15.9. The largest absolute Gasteiger partial charge is 0.481 e. The molecule has 1 aliphatic heterocycles. The van der Waals surface area contributed by atoms with Crippen molar-refractivity contribution < 1.29 is 9.53 Å².